The number of aromatic nitrogens is 2. The predicted molar refractivity (Wildman–Crippen MR) is 75.7 cm³/mol. The zero-order valence-corrected chi connectivity index (χ0v) is 10.7. The molecule has 3 rings (SSSR count). The highest BCUT2D eigenvalue weighted by molar-refractivity contribution is 7.22. The van der Waals surface area contributed by atoms with Crippen LogP contribution in [0, 0.1) is 0 Å². The lowest BCUT2D eigenvalue weighted by atomic mass is 10.1. The highest BCUT2D eigenvalue weighted by Gasteiger charge is 2.02. The van der Waals surface area contributed by atoms with Gasteiger partial charge in [-0.05, 0) is 48.2 Å². The van der Waals surface area contributed by atoms with Crippen LogP contribution in [0.5, 0.6) is 0 Å². The molecule has 2 N–H and O–H groups in total. The van der Waals surface area contributed by atoms with Crippen LogP contribution in [0.25, 0.3) is 10.2 Å². The molecular formula is C14H13N3S. The van der Waals surface area contributed by atoms with Gasteiger partial charge in [0.1, 0.15) is 0 Å². The van der Waals surface area contributed by atoms with Gasteiger partial charge in [-0.25, -0.2) is 4.98 Å². The van der Waals surface area contributed by atoms with Crippen molar-refractivity contribution in [3.63, 3.8) is 0 Å². The maximum atomic E-state index is 5.71. The first-order valence-electron chi connectivity index (χ1n) is 5.85. The summed E-state index contributed by atoms with van der Waals surface area (Å²) in [7, 11) is 0. The Morgan fingerprint density at radius 3 is 2.61 bits per heavy atom. The van der Waals surface area contributed by atoms with Gasteiger partial charge in [0.25, 0.3) is 0 Å². The van der Waals surface area contributed by atoms with E-state index in [9.17, 15) is 0 Å². The molecule has 0 bridgehead atoms. The van der Waals surface area contributed by atoms with Gasteiger partial charge in [0.05, 0.1) is 10.2 Å². The van der Waals surface area contributed by atoms with Crippen LogP contribution in [0.15, 0.2) is 42.7 Å². The van der Waals surface area contributed by atoms with E-state index in [1.807, 2.05) is 18.5 Å². The summed E-state index contributed by atoms with van der Waals surface area (Å²) in [6.07, 6.45) is 5.73. The SMILES string of the molecule is Nc1nc2ccc(CCc3ccncc3)cc2s1. The van der Waals surface area contributed by atoms with Crippen molar-refractivity contribution in [3.05, 3.63) is 53.9 Å². The van der Waals surface area contributed by atoms with Gasteiger partial charge in [-0.3, -0.25) is 4.98 Å². The van der Waals surface area contributed by atoms with Gasteiger partial charge in [-0.2, -0.15) is 0 Å². The summed E-state index contributed by atoms with van der Waals surface area (Å²) in [6.45, 7) is 0. The number of rotatable bonds is 3. The molecule has 2 heterocycles. The Labute approximate surface area is 109 Å². The lowest BCUT2D eigenvalue weighted by Gasteiger charge is -2.01. The molecule has 3 nitrogen and oxygen atoms in total. The van der Waals surface area contributed by atoms with Gasteiger partial charge in [-0.1, -0.05) is 17.4 Å². The Bertz CT molecular complexity index is 661. The molecule has 0 radical (unpaired) electrons. The smallest absolute Gasteiger partial charge is 0.181 e. The summed E-state index contributed by atoms with van der Waals surface area (Å²) in [5.41, 5.74) is 9.33. The molecule has 0 aliphatic carbocycles. The van der Waals surface area contributed by atoms with E-state index in [1.54, 1.807) is 11.3 Å². The topological polar surface area (TPSA) is 51.8 Å². The van der Waals surface area contributed by atoms with E-state index in [1.165, 1.54) is 15.8 Å². The number of nitrogens with two attached hydrogens (primary N) is 1. The first-order chi connectivity index (χ1) is 8.81. The molecule has 0 fully saturated rings. The van der Waals surface area contributed by atoms with Crippen molar-refractivity contribution >= 4 is 26.7 Å². The van der Waals surface area contributed by atoms with Crippen molar-refractivity contribution in [2.24, 2.45) is 0 Å². The summed E-state index contributed by atoms with van der Waals surface area (Å²) >= 11 is 1.54. The summed E-state index contributed by atoms with van der Waals surface area (Å²) < 4.78 is 1.17. The average molecular weight is 255 g/mol. The fourth-order valence-corrected chi connectivity index (χ4v) is 2.78. The Morgan fingerprint density at radius 2 is 1.78 bits per heavy atom. The van der Waals surface area contributed by atoms with Gasteiger partial charge >= 0.3 is 0 Å². The van der Waals surface area contributed by atoms with Gasteiger partial charge in [0.15, 0.2) is 5.13 Å². The molecule has 0 aliphatic rings. The Morgan fingerprint density at radius 1 is 1.00 bits per heavy atom. The molecule has 0 saturated heterocycles. The summed E-state index contributed by atoms with van der Waals surface area (Å²) in [6, 6.07) is 10.5. The monoisotopic (exact) mass is 255 g/mol. The minimum absolute atomic E-state index is 0.635. The Kier molecular flexibility index (Phi) is 2.94. The molecule has 18 heavy (non-hydrogen) atoms. The number of hydrogen-bond acceptors (Lipinski definition) is 4. The second-order valence-corrected chi connectivity index (χ2v) is 5.27. The van der Waals surface area contributed by atoms with E-state index >= 15 is 0 Å². The van der Waals surface area contributed by atoms with E-state index in [4.69, 9.17) is 5.73 Å². The van der Waals surface area contributed by atoms with E-state index < -0.39 is 0 Å². The van der Waals surface area contributed by atoms with Crippen LogP contribution in [-0.2, 0) is 12.8 Å². The van der Waals surface area contributed by atoms with Crippen LogP contribution in [0.3, 0.4) is 0 Å². The number of nitrogen functional groups attached to an aromatic ring is 1. The van der Waals surface area contributed by atoms with Crippen molar-refractivity contribution in [2.45, 2.75) is 12.8 Å². The number of fused-ring (bicyclic) bond motifs is 1. The molecular weight excluding hydrogens is 242 g/mol. The van der Waals surface area contributed by atoms with Gasteiger partial charge in [0.2, 0.25) is 0 Å². The fourth-order valence-electron chi connectivity index (χ4n) is 1.98. The molecule has 0 unspecified atom stereocenters. The number of thiazole rings is 1. The quantitative estimate of drug-likeness (QED) is 0.782. The third kappa shape index (κ3) is 2.33. The largest absolute Gasteiger partial charge is 0.375 e. The fraction of sp³-hybridized carbons (Fsp3) is 0.143. The molecule has 90 valence electrons. The van der Waals surface area contributed by atoms with Crippen LogP contribution >= 0.6 is 11.3 Å². The maximum Gasteiger partial charge on any atom is 0.181 e. The normalized spacial score (nSPS) is 10.9. The molecule has 0 saturated carbocycles. The van der Waals surface area contributed by atoms with Gasteiger partial charge in [0, 0.05) is 12.4 Å². The number of nitrogens with zero attached hydrogens (tertiary/aromatic N) is 2. The van der Waals surface area contributed by atoms with E-state index in [2.05, 4.69) is 34.2 Å². The molecule has 0 amide bonds. The molecule has 0 aliphatic heterocycles. The first kappa shape index (κ1) is 11.2. The number of anilines is 1. The molecule has 4 heteroatoms. The molecule has 3 aromatic rings. The number of pyridine rings is 1. The maximum absolute atomic E-state index is 5.71. The third-order valence-corrected chi connectivity index (χ3v) is 3.77. The molecule has 0 spiro atoms. The zero-order valence-electron chi connectivity index (χ0n) is 9.84. The second kappa shape index (κ2) is 4.74. The standard InChI is InChI=1S/C14H13N3S/c15-14-17-12-4-3-11(9-13(12)18-14)2-1-10-5-7-16-8-6-10/h3-9H,1-2H2,(H2,15,17). The minimum atomic E-state index is 0.635. The van der Waals surface area contributed by atoms with Crippen molar-refractivity contribution in [1.29, 1.82) is 0 Å². The van der Waals surface area contributed by atoms with Crippen LogP contribution in [0.4, 0.5) is 5.13 Å². The molecule has 1 aromatic carbocycles. The van der Waals surface area contributed by atoms with Crippen molar-refractivity contribution in [1.82, 2.24) is 9.97 Å². The Balaban J connectivity index is 1.78. The van der Waals surface area contributed by atoms with E-state index in [0.29, 0.717) is 5.13 Å². The number of benzene rings is 1. The van der Waals surface area contributed by atoms with Gasteiger partial charge in [-0.15, -0.1) is 0 Å². The summed E-state index contributed by atoms with van der Waals surface area (Å²) in [5.74, 6) is 0. The van der Waals surface area contributed by atoms with E-state index in [0.717, 1.165) is 18.4 Å². The number of hydrogen-bond donors (Lipinski definition) is 1. The zero-order chi connectivity index (χ0) is 12.4. The second-order valence-electron chi connectivity index (χ2n) is 4.21. The average Bonchev–Trinajstić information content (AvgIpc) is 2.77. The third-order valence-electron chi connectivity index (χ3n) is 2.92. The van der Waals surface area contributed by atoms with Crippen LogP contribution in [0.1, 0.15) is 11.1 Å². The highest BCUT2D eigenvalue weighted by Crippen LogP contribution is 2.25. The van der Waals surface area contributed by atoms with Crippen molar-refractivity contribution in [2.75, 3.05) is 5.73 Å². The van der Waals surface area contributed by atoms with E-state index in [-0.39, 0.29) is 0 Å². The summed E-state index contributed by atoms with van der Waals surface area (Å²) in [5, 5.41) is 0.635. The molecule has 0 atom stereocenters. The lowest BCUT2D eigenvalue weighted by Crippen LogP contribution is -1.91. The Hall–Kier alpha value is -1.94. The molecule has 2 aromatic heterocycles. The predicted octanol–water partition coefficient (Wildman–Crippen LogP) is 3.06. The summed E-state index contributed by atoms with van der Waals surface area (Å²) in [4.78, 5) is 8.28. The lowest BCUT2D eigenvalue weighted by molar-refractivity contribution is 0.957. The minimum Gasteiger partial charge on any atom is -0.375 e. The highest BCUT2D eigenvalue weighted by atomic mass is 32.1. The first-order valence-corrected chi connectivity index (χ1v) is 6.67. The van der Waals surface area contributed by atoms with Crippen LogP contribution in [-0.4, -0.2) is 9.97 Å². The van der Waals surface area contributed by atoms with Gasteiger partial charge < -0.3 is 5.73 Å². The van der Waals surface area contributed by atoms with Crippen molar-refractivity contribution in [3.8, 4) is 0 Å². The van der Waals surface area contributed by atoms with Crippen LogP contribution in [0.2, 0.25) is 0 Å². The van der Waals surface area contributed by atoms with Crippen molar-refractivity contribution < 1.29 is 0 Å². The number of aryl methyl sites for hydroxylation is 2. The van der Waals surface area contributed by atoms with Crippen LogP contribution < -0.4 is 5.73 Å².